The largest absolute Gasteiger partial charge is 0.475 e. The number of carboxylic acid groups (broad SMARTS) is 1. The average Bonchev–Trinajstić information content (AvgIpc) is 3.11. The van der Waals surface area contributed by atoms with Crippen LogP contribution in [-0.4, -0.2) is 26.8 Å². The van der Waals surface area contributed by atoms with Gasteiger partial charge in [0.1, 0.15) is 5.58 Å². The van der Waals surface area contributed by atoms with Crippen molar-refractivity contribution in [1.82, 2.24) is 9.78 Å². The van der Waals surface area contributed by atoms with Crippen molar-refractivity contribution in [3.8, 4) is 0 Å². The number of nitrogens with one attached hydrogen (secondary N) is 1. The number of aryl methyl sites for hydroxylation is 2. The molecule has 7 heteroatoms. The van der Waals surface area contributed by atoms with Crippen molar-refractivity contribution >= 4 is 28.5 Å². The van der Waals surface area contributed by atoms with Gasteiger partial charge in [0, 0.05) is 29.7 Å². The molecular weight excluding hydrogens is 334 g/mol. The highest BCUT2D eigenvalue weighted by atomic mass is 16.4. The molecule has 2 N–H and O–H groups in total. The summed E-state index contributed by atoms with van der Waals surface area (Å²) in [6.07, 6.45) is 0.606. The molecule has 3 rings (SSSR count). The molecule has 26 heavy (non-hydrogen) atoms. The molecule has 0 radical (unpaired) electrons. The predicted octanol–water partition coefficient (Wildman–Crippen LogP) is 3.30. The first-order chi connectivity index (χ1) is 12.3. The number of furan rings is 1. The summed E-state index contributed by atoms with van der Waals surface area (Å²) in [4.78, 5) is 23.5. The summed E-state index contributed by atoms with van der Waals surface area (Å²) >= 11 is 0. The first-order valence-corrected chi connectivity index (χ1v) is 8.33. The van der Waals surface area contributed by atoms with E-state index in [0.29, 0.717) is 23.1 Å². The number of carbonyl (C=O) groups is 2. The van der Waals surface area contributed by atoms with Crippen molar-refractivity contribution in [3.05, 3.63) is 47.0 Å². The fourth-order valence-electron chi connectivity index (χ4n) is 3.00. The molecule has 0 aliphatic heterocycles. The molecular formula is C19H21N3O4. The summed E-state index contributed by atoms with van der Waals surface area (Å²) < 4.78 is 7.04. The standard InChI is InChI=1S/C19H21N3O4/c1-10(7-15-11(2)21-22(4)12(15)3)18(23)20-14-5-6-16-13(8-14)9-17(26-16)19(24)25/h5-6,8-10H,7H2,1-4H3,(H,20,23)(H,24,25). The van der Waals surface area contributed by atoms with Crippen LogP contribution in [0.1, 0.15) is 34.4 Å². The normalized spacial score (nSPS) is 12.3. The number of fused-ring (bicyclic) bond motifs is 1. The van der Waals surface area contributed by atoms with E-state index in [4.69, 9.17) is 9.52 Å². The van der Waals surface area contributed by atoms with Crippen molar-refractivity contribution in [2.45, 2.75) is 27.2 Å². The molecule has 2 heterocycles. The zero-order valence-corrected chi connectivity index (χ0v) is 15.2. The van der Waals surface area contributed by atoms with Gasteiger partial charge in [-0.15, -0.1) is 0 Å². The van der Waals surface area contributed by atoms with Gasteiger partial charge in [-0.2, -0.15) is 5.10 Å². The second-order valence-electron chi connectivity index (χ2n) is 6.54. The van der Waals surface area contributed by atoms with E-state index < -0.39 is 5.97 Å². The first-order valence-electron chi connectivity index (χ1n) is 8.33. The molecule has 0 aliphatic rings. The van der Waals surface area contributed by atoms with E-state index in [-0.39, 0.29) is 17.6 Å². The summed E-state index contributed by atoms with van der Waals surface area (Å²) in [5, 5.41) is 16.9. The van der Waals surface area contributed by atoms with Crippen molar-refractivity contribution in [2.75, 3.05) is 5.32 Å². The molecule has 0 bridgehead atoms. The molecule has 7 nitrogen and oxygen atoms in total. The van der Waals surface area contributed by atoms with Crippen molar-refractivity contribution < 1.29 is 19.1 Å². The molecule has 1 amide bonds. The van der Waals surface area contributed by atoms with E-state index in [0.717, 1.165) is 17.0 Å². The van der Waals surface area contributed by atoms with Crippen molar-refractivity contribution in [2.24, 2.45) is 13.0 Å². The molecule has 0 aliphatic carbocycles. The van der Waals surface area contributed by atoms with E-state index in [2.05, 4.69) is 10.4 Å². The fourth-order valence-corrected chi connectivity index (χ4v) is 3.00. The lowest BCUT2D eigenvalue weighted by Crippen LogP contribution is -2.22. The molecule has 2 aromatic heterocycles. The highest BCUT2D eigenvalue weighted by molar-refractivity contribution is 5.96. The van der Waals surface area contributed by atoms with Gasteiger partial charge >= 0.3 is 5.97 Å². The van der Waals surface area contributed by atoms with Crippen LogP contribution in [-0.2, 0) is 18.3 Å². The lowest BCUT2D eigenvalue weighted by atomic mass is 9.98. The Balaban J connectivity index is 1.74. The van der Waals surface area contributed by atoms with Gasteiger partial charge in [-0.3, -0.25) is 9.48 Å². The molecule has 1 unspecified atom stereocenters. The third-order valence-electron chi connectivity index (χ3n) is 4.61. The van der Waals surface area contributed by atoms with E-state index in [1.807, 2.05) is 32.5 Å². The Morgan fingerprint density at radius 2 is 2.04 bits per heavy atom. The Labute approximate surface area is 150 Å². The highest BCUT2D eigenvalue weighted by Crippen LogP contribution is 2.24. The molecule has 136 valence electrons. The van der Waals surface area contributed by atoms with Gasteiger partial charge in [-0.05, 0) is 50.1 Å². The number of benzene rings is 1. The Morgan fingerprint density at radius 1 is 1.31 bits per heavy atom. The maximum absolute atomic E-state index is 12.5. The number of hydrogen-bond donors (Lipinski definition) is 2. The Morgan fingerprint density at radius 3 is 2.65 bits per heavy atom. The van der Waals surface area contributed by atoms with Gasteiger partial charge in [0.05, 0.1) is 5.69 Å². The van der Waals surface area contributed by atoms with E-state index in [1.165, 1.54) is 6.07 Å². The van der Waals surface area contributed by atoms with Gasteiger partial charge in [0.2, 0.25) is 11.7 Å². The van der Waals surface area contributed by atoms with Crippen LogP contribution in [0, 0.1) is 19.8 Å². The summed E-state index contributed by atoms with van der Waals surface area (Å²) in [6, 6.07) is 6.50. The van der Waals surface area contributed by atoms with E-state index in [1.54, 1.807) is 18.2 Å². The summed E-state index contributed by atoms with van der Waals surface area (Å²) in [7, 11) is 1.89. The molecule has 1 atom stereocenters. The summed E-state index contributed by atoms with van der Waals surface area (Å²) in [5.41, 5.74) is 4.15. The monoisotopic (exact) mass is 355 g/mol. The first kappa shape index (κ1) is 17.7. The third-order valence-corrected chi connectivity index (χ3v) is 4.61. The lowest BCUT2D eigenvalue weighted by molar-refractivity contribution is -0.119. The van der Waals surface area contributed by atoms with Gasteiger partial charge in [0.15, 0.2) is 0 Å². The third kappa shape index (κ3) is 3.33. The van der Waals surface area contributed by atoms with Crippen LogP contribution in [0.3, 0.4) is 0 Å². The van der Waals surface area contributed by atoms with Crippen LogP contribution in [0.5, 0.6) is 0 Å². The van der Waals surface area contributed by atoms with Crippen molar-refractivity contribution in [3.63, 3.8) is 0 Å². The minimum absolute atomic E-state index is 0.103. The van der Waals surface area contributed by atoms with Crippen LogP contribution < -0.4 is 5.32 Å². The summed E-state index contributed by atoms with van der Waals surface area (Å²) in [5.74, 6) is -1.58. The van der Waals surface area contributed by atoms with Crippen LogP contribution in [0.15, 0.2) is 28.7 Å². The van der Waals surface area contributed by atoms with Gasteiger partial charge < -0.3 is 14.8 Å². The average molecular weight is 355 g/mol. The zero-order valence-electron chi connectivity index (χ0n) is 15.2. The number of aromatic nitrogens is 2. The molecule has 0 saturated carbocycles. The number of nitrogens with zero attached hydrogens (tertiary/aromatic N) is 2. The lowest BCUT2D eigenvalue weighted by Gasteiger charge is -2.12. The molecule has 0 fully saturated rings. The van der Waals surface area contributed by atoms with E-state index in [9.17, 15) is 9.59 Å². The predicted molar refractivity (Wildman–Crippen MR) is 97.4 cm³/mol. The molecule has 1 aromatic carbocycles. The number of aromatic carboxylic acids is 1. The fraction of sp³-hybridized carbons (Fsp3) is 0.316. The molecule has 0 saturated heterocycles. The minimum Gasteiger partial charge on any atom is -0.475 e. The Bertz CT molecular complexity index is 1000. The number of rotatable bonds is 5. The number of carbonyl (C=O) groups excluding carboxylic acids is 1. The van der Waals surface area contributed by atoms with Gasteiger partial charge in [-0.1, -0.05) is 6.92 Å². The van der Waals surface area contributed by atoms with Crippen LogP contribution >= 0.6 is 0 Å². The van der Waals surface area contributed by atoms with Gasteiger partial charge in [-0.25, -0.2) is 4.79 Å². The second kappa shape index (κ2) is 6.67. The quantitative estimate of drug-likeness (QED) is 0.732. The number of anilines is 1. The Kier molecular flexibility index (Phi) is 4.54. The smallest absolute Gasteiger partial charge is 0.371 e. The minimum atomic E-state index is -1.12. The molecule has 0 spiro atoms. The molecule has 3 aromatic rings. The van der Waals surface area contributed by atoms with Gasteiger partial charge in [0.25, 0.3) is 0 Å². The van der Waals surface area contributed by atoms with E-state index >= 15 is 0 Å². The SMILES string of the molecule is Cc1nn(C)c(C)c1CC(C)C(=O)Nc1ccc2oc(C(=O)O)cc2c1. The Hall–Kier alpha value is -3.09. The van der Waals surface area contributed by atoms with Crippen LogP contribution in [0.2, 0.25) is 0 Å². The zero-order chi connectivity index (χ0) is 19.0. The number of carboxylic acids is 1. The highest BCUT2D eigenvalue weighted by Gasteiger charge is 2.19. The summed E-state index contributed by atoms with van der Waals surface area (Å²) in [6.45, 7) is 5.81. The van der Waals surface area contributed by atoms with Crippen LogP contribution in [0.4, 0.5) is 5.69 Å². The number of hydrogen-bond acceptors (Lipinski definition) is 4. The number of amides is 1. The van der Waals surface area contributed by atoms with Crippen LogP contribution in [0.25, 0.3) is 11.0 Å². The second-order valence-corrected chi connectivity index (χ2v) is 6.54. The topological polar surface area (TPSA) is 97.4 Å². The maximum Gasteiger partial charge on any atom is 0.371 e. The van der Waals surface area contributed by atoms with Crippen molar-refractivity contribution in [1.29, 1.82) is 0 Å². The maximum atomic E-state index is 12.5.